The van der Waals surface area contributed by atoms with Gasteiger partial charge in [0, 0.05) is 24.3 Å². The number of anilines is 1. The van der Waals surface area contributed by atoms with Crippen molar-refractivity contribution in [2.75, 3.05) is 11.9 Å². The number of nitrogens with zero attached hydrogens (tertiary/aromatic N) is 1. The van der Waals surface area contributed by atoms with E-state index in [-0.39, 0.29) is 12.5 Å². The van der Waals surface area contributed by atoms with Crippen LogP contribution in [0.25, 0.3) is 0 Å². The van der Waals surface area contributed by atoms with E-state index in [4.69, 9.17) is 5.11 Å². The number of rotatable bonds is 5. The number of amides is 1. The van der Waals surface area contributed by atoms with Gasteiger partial charge in [-0.15, -0.1) is 0 Å². The van der Waals surface area contributed by atoms with Gasteiger partial charge in [0.2, 0.25) is 5.91 Å². The van der Waals surface area contributed by atoms with Gasteiger partial charge in [0.25, 0.3) is 0 Å². The van der Waals surface area contributed by atoms with Crippen LogP contribution in [0.2, 0.25) is 0 Å². The number of aliphatic hydroxyl groups is 1. The van der Waals surface area contributed by atoms with E-state index in [0.717, 1.165) is 11.3 Å². The van der Waals surface area contributed by atoms with Crippen LogP contribution in [0.3, 0.4) is 0 Å². The number of H-pyrrole nitrogens is 1. The molecule has 0 unspecified atom stereocenters. The number of hydrogen-bond acceptors (Lipinski definition) is 3. The van der Waals surface area contributed by atoms with Crippen molar-refractivity contribution >= 4 is 11.7 Å². The largest absolute Gasteiger partial charge is 0.396 e. The van der Waals surface area contributed by atoms with Crippen molar-refractivity contribution < 1.29 is 9.90 Å². The molecule has 0 saturated heterocycles. The molecule has 1 heterocycles. The summed E-state index contributed by atoms with van der Waals surface area (Å²) in [6.45, 7) is 3.94. The highest BCUT2D eigenvalue weighted by Gasteiger charge is 2.08. The maximum atomic E-state index is 11.4. The molecule has 1 amide bonds. The van der Waals surface area contributed by atoms with Crippen LogP contribution in [-0.2, 0) is 4.79 Å². The van der Waals surface area contributed by atoms with Gasteiger partial charge in [-0.3, -0.25) is 9.89 Å². The van der Waals surface area contributed by atoms with Gasteiger partial charge in [0.15, 0.2) is 5.82 Å². The molecule has 0 aliphatic rings. The molecule has 1 rings (SSSR count). The van der Waals surface area contributed by atoms with Crippen LogP contribution in [-0.4, -0.2) is 27.8 Å². The minimum Gasteiger partial charge on any atom is -0.396 e. The smallest absolute Gasteiger partial charge is 0.225 e. The predicted molar refractivity (Wildman–Crippen MR) is 57.6 cm³/mol. The monoisotopic (exact) mass is 211 g/mol. The fraction of sp³-hybridized carbons (Fsp3) is 0.600. The van der Waals surface area contributed by atoms with Crippen LogP contribution in [0.1, 0.15) is 30.5 Å². The van der Waals surface area contributed by atoms with Crippen molar-refractivity contribution in [1.29, 1.82) is 0 Å². The number of nitrogens with one attached hydrogen (secondary N) is 2. The second kappa shape index (κ2) is 5.50. The lowest BCUT2D eigenvalue weighted by atomic mass is 10.2. The molecule has 1 aromatic rings. The Balaban J connectivity index is 2.41. The minimum atomic E-state index is -0.0574. The van der Waals surface area contributed by atoms with Crippen molar-refractivity contribution in [2.45, 2.75) is 33.1 Å². The van der Waals surface area contributed by atoms with Crippen molar-refractivity contribution in [2.24, 2.45) is 0 Å². The highest BCUT2D eigenvalue weighted by Crippen LogP contribution is 2.14. The molecule has 0 spiro atoms. The summed E-state index contributed by atoms with van der Waals surface area (Å²) in [6.07, 6.45) is 1.78. The average molecular weight is 211 g/mol. The van der Waals surface area contributed by atoms with Crippen LogP contribution in [0.5, 0.6) is 0 Å². The number of aryl methyl sites for hydroxylation is 1. The molecule has 3 N–H and O–H groups in total. The quantitative estimate of drug-likeness (QED) is 0.639. The normalized spacial score (nSPS) is 10.3. The average Bonchev–Trinajstić information content (AvgIpc) is 2.50. The Morgan fingerprint density at radius 1 is 1.47 bits per heavy atom. The minimum absolute atomic E-state index is 0.0574. The molecular formula is C10H17N3O2. The molecule has 0 atom stereocenters. The summed E-state index contributed by atoms with van der Waals surface area (Å²) in [5, 5.41) is 18.1. The van der Waals surface area contributed by atoms with E-state index in [1.807, 2.05) is 13.8 Å². The van der Waals surface area contributed by atoms with E-state index < -0.39 is 0 Å². The third kappa shape index (κ3) is 3.36. The lowest BCUT2D eigenvalue weighted by Crippen LogP contribution is -2.12. The maximum absolute atomic E-state index is 11.4. The molecule has 0 fully saturated rings. The molecule has 0 radical (unpaired) electrons. The van der Waals surface area contributed by atoms with Gasteiger partial charge in [-0.25, -0.2) is 0 Å². The molecule has 0 saturated carbocycles. The first-order valence-electron chi connectivity index (χ1n) is 5.07. The molecule has 0 aliphatic heterocycles. The Hall–Kier alpha value is -1.36. The van der Waals surface area contributed by atoms with Gasteiger partial charge < -0.3 is 10.4 Å². The van der Waals surface area contributed by atoms with Gasteiger partial charge in [0.05, 0.1) is 0 Å². The molecule has 5 nitrogen and oxygen atoms in total. The van der Waals surface area contributed by atoms with Crippen LogP contribution < -0.4 is 5.32 Å². The van der Waals surface area contributed by atoms with Crippen LogP contribution in [0, 0.1) is 13.8 Å². The second-order valence-corrected chi connectivity index (χ2v) is 3.55. The zero-order valence-corrected chi connectivity index (χ0v) is 9.13. The molecular weight excluding hydrogens is 194 g/mol. The van der Waals surface area contributed by atoms with Gasteiger partial charge >= 0.3 is 0 Å². The fourth-order valence-electron chi connectivity index (χ4n) is 1.20. The summed E-state index contributed by atoms with van der Waals surface area (Å²) in [4.78, 5) is 11.4. The Labute approximate surface area is 88.9 Å². The standard InChI is InChI=1S/C10H17N3O2/c1-7-8(2)12-13-10(7)11-9(15)5-3-4-6-14/h14H,3-6H2,1-2H3,(H2,11,12,13,15). The first-order valence-corrected chi connectivity index (χ1v) is 5.07. The zero-order chi connectivity index (χ0) is 11.3. The number of carbonyl (C=O) groups excluding carboxylic acids is 1. The topological polar surface area (TPSA) is 78.0 Å². The van der Waals surface area contributed by atoms with Gasteiger partial charge in [0.1, 0.15) is 0 Å². The van der Waals surface area contributed by atoms with Crippen molar-refractivity contribution in [3.8, 4) is 0 Å². The predicted octanol–water partition coefficient (Wildman–Crippen LogP) is 1.13. The van der Waals surface area contributed by atoms with Crippen molar-refractivity contribution in [1.82, 2.24) is 10.2 Å². The van der Waals surface area contributed by atoms with Crippen LogP contribution in [0.4, 0.5) is 5.82 Å². The first-order chi connectivity index (χ1) is 7.15. The van der Waals surface area contributed by atoms with E-state index in [1.165, 1.54) is 0 Å². The molecule has 0 aliphatic carbocycles. The molecule has 84 valence electrons. The fourth-order valence-corrected chi connectivity index (χ4v) is 1.20. The summed E-state index contributed by atoms with van der Waals surface area (Å²) in [5.74, 6) is 0.541. The summed E-state index contributed by atoms with van der Waals surface area (Å²) < 4.78 is 0. The number of aromatic amines is 1. The maximum Gasteiger partial charge on any atom is 0.225 e. The molecule has 5 heteroatoms. The van der Waals surface area contributed by atoms with Gasteiger partial charge in [-0.2, -0.15) is 5.10 Å². The number of hydrogen-bond donors (Lipinski definition) is 3. The summed E-state index contributed by atoms with van der Waals surface area (Å²) in [5.41, 5.74) is 1.92. The Morgan fingerprint density at radius 2 is 2.20 bits per heavy atom. The summed E-state index contributed by atoms with van der Waals surface area (Å²) >= 11 is 0. The van der Waals surface area contributed by atoms with Crippen molar-refractivity contribution in [3.05, 3.63) is 11.3 Å². The second-order valence-electron chi connectivity index (χ2n) is 3.55. The molecule has 15 heavy (non-hydrogen) atoms. The van der Waals surface area contributed by atoms with Crippen molar-refractivity contribution in [3.63, 3.8) is 0 Å². The number of aromatic nitrogens is 2. The van der Waals surface area contributed by atoms with E-state index in [9.17, 15) is 4.79 Å². The van der Waals surface area contributed by atoms with Crippen LogP contribution >= 0.6 is 0 Å². The summed E-state index contributed by atoms with van der Waals surface area (Å²) in [7, 11) is 0. The zero-order valence-electron chi connectivity index (χ0n) is 9.13. The lowest BCUT2D eigenvalue weighted by molar-refractivity contribution is -0.116. The summed E-state index contributed by atoms with van der Waals surface area (Å²) in [6, 6.07) is 0. The third-order valence-corrected chi connectivity index (χ3v) is 2.32. The van der Waals surface area contributed by atoms with Gasteiger partial charge in [-0.05, 0) is 26.7 Å². The lowest BCUT2D eigenvalue weighted by Gasteiger charge is -2.02. The highest BCUT2D eigenvalue weighted by molar-refractivity contribution is 5.90. The molecule has 0 bridgehead atoms. The van der Waals surface area contributed by atoms with E-state index in [1.54, 1.807) is 0 Å². The van der Waals surface area contributed by atoms with Gasteiger partial charge in [-0.1, -0.05) is 0 Å². The number of carbonyl (C=O) groups is 1. The SMILES string of the molecule is Cc1[nH]nc(NC(=O)CCCCO)c1C. The first kappa shape index (κ1) is 11.7. The van der Waals surface area contributed by atoms with E-state index >= 15 is 0 Å². The number of unbranched alkanes of at least 4 members (excludes halogenated alkanes) is 1. The Kier molecular flexibility index (Phi) is 4.30. The Morgan fingerprint density at radius 3 is 2.73 bits per heavy atom. The third-order valence-electron chi connectivity index (χ3n) is 2.32. The van der Waals surface area contributed by atoms with E-state index in [2.05, 4.69) is 15.5 Å². The highest BCUT2D eigenvalue weighted by atomic mass is 16.2. The van der Waals surface area contributed by atoms with E-state index in [0.29, 0.717) is 25.1 Å². The molecule has 1 aromatic heterocycles. The Bertz CT molecular complexity index is 333. The van der Waals surface area contributed by atoms with Crippen LogP contribution in [0.15, 0.2) is 0 Å². The molecule has 0 aromatic carbocycles. The number of aliphatic hydroxyl groups excluding tert-OH is 1.